The van der Waals surface area contributed by atoms with Gasteiger partial charge in [-0.15, -0.1) is 0 Å². The second-order valence-corrected chi connectivity index (χ2v) is 5.33. The van der Waals surface area contributed by atoms with Gasteiger partial charge in [0.05, 0.1) is 5.60 Å². The topological polar surface area (TPSA) is 73.1 Å². The summed E-state index contributed by atoms with van der Waals surface area (Å²) in [6.45, 7) is 7.19. The molecule has 1 unspecified atom stereocenters. The summed E-state index contributed by atoms with van der Waals surface area (Å²) in [4.78, 5) is 8.28. The SMILES string of the molecule is CCC1(CC)CC(Nc2nc(N)ncc2C)CCO1. The Balaban J connectivity index is 2.08. The van der Waals surface area contributed by atoms with E-state index in [4.69, 9.17) is 10.5 Å². The number of nitrogens with one attached hydrogen (secondary N) is 1. The van der Waals surface area contributed by atoms with Crippen LogP contribution in [0, 0.1) is 6.92 Å². The van der Waals surface area contributed by atoms with Crippen molar-refractivity contribution in [2.45, 2.75) is 58.1 Å². The highest BCUT2D eigenvalue weighted by Crippen LogP contribution is 2.32. The van der Waals surface area contributed by atoms with Crippen LogP contribution in [0.4, 0.5) is 11.8 Å². The van der Waals surface area contributed by atoms with Gasteiger partial charge in [0, 0.05) is 24.4 Å². The van der Waals surface area contributed by atoms with Crippen LogP contribution >= 0.6 is 0 Å². The quantitative estimate of drug-likeness (QED) is 0.874. The molecule has 5 nitrogen and oxygen atoms in total. The maximum absolute atomic E-state index is 5.99. The molecule has 2 rings (SSSR count). The minimum absolute atomic E-state index is 0.0163. The summed E-state index contributed by atoms with van der Waals surface area (Å²) in [6, 6.07) is 0.390. The minimum atomic E-state index is 0.0163. The predicted octanol–water partition coefficient (Wildman–Crippen LogP) is 2.52. The molecule has 0 radical (unpaired) electrons. The van der Waals surface area contributed by atoms with Gasteiger partial charge >= 0.3 is 0 Å². The van der Waals surface area contributed by atoms with E-state index in [2.05, 4.69) is 29.1 Å². The predicted molar refractivity (Wildman–Crippen MR) is 77.1 cm³/mol. The Morgan fingerprint density at radius 2 is 2.21 bits per heavy atom. The van der Waals surface area contributed by atoms with Crippen LogP contribution in [0.5, 0.6) is 0 Å². The lowest BCUT2D eigenvalue weighted by Gasteiger charge is -2.40. The van der Waals surface area contributed by atoms with Crippen LogP contribution in [0.15, 0.2) is 6.20 Å². The van der Waals surface area contributed by atoms with E-state index in [-0.39, 0.29) is 5.60 Å². The normalized spacial score (nSPS) is 22.2. The van der Waals surface area contributed by atoms with E-state index >= 15 is 0 Å². The fourth-order valence-electron chi connectivity index (χ4n) is 2.69. The van der Waals surface area contributed by atoms with Gasteiger partial charge < -0.3 is 15.8 Å². The average molecular weight is 264 g/mol. The minimum Gasteiger partial charge on any atom is -0.375 e. The summed E-state index contributed by atoms with van der Waals surface area (Å²) >= 11 is 0. The summed E-state index contributed by atoms with van der Waals surface area (Å²) in [5, 5.41) is 3.50. The molecule has 5 heteroatoms. The number of hydrogen-bond donors (Lipinski definition) is 2. The first-order chi connectivity index (χ1) is 9.08. The lowest BCUT2D eigenvalue weighted by atomic mass is 9.86. The van der Waals surface area contributed by atoms with Crippen molar-refractivity contribution in [3.8, 4) is 0 Å². The monoisotopic (exact) mass is 264 g/mol. The van der Waals surface area contributed by atoms with Crippen LogP contribution in [0.2, 0.25) is 0 Å². The molecule has 1 fully saturated rings. The summed E-state index contributed by atoms with van der Waals surface area (Å²) < 4.78 is 5.99. The average Bonchev–Trinajstić information content (AvgIpc) is 2.43. The number of nitrogen functional groups attached to an aromatic ring is 1. The molecule has 106 valence electrons. The molecule has 0 bridgehead atoms. The maximum atomic E-state index is 5.99. The number of nitrogens with zero attached hydrogens (tertiary/aromatic N) is 2. The molecule has 0 spiro atoms. The third-order valence-corrected chi connectivity index (χ3v) is 4.11. The van der Waals surface area contributed by atoms with Gasteiger partial charge in [0.15, 0.2) is 0 Å². The second-order valence-electron chi connectivity index (χ2n) is 5.33. The van der Waals surface area contributed by atoms with Crippen molar-refractivity contribution in [2.24, 2.45) is 0 Å². The van der Waals surface area contributed by atoms with Crippen molar-refractivity contribution < 1.29 is 4.74 Å². The van der Waals surface area contributed by atoms with Crippen LogP contribution in [0.25, 0.3) is 0 Å². The summed E-state index contributed by atoms with van der Waals surface area (Å²) in [5.41, 5.74) is 6.69. The van der Waals surface area contributed by atoms with Crippen molar-refractivity contribution in [1.82, 2.24) is 9.97 Å². The van der Waals surface area contributed by atoms with Crippen LogP contribution in [-0.2, 0) is 4.74 Å². The molecule has 2 heterocycles. The van der Waals surface area contributed by atoms with Crippen molar-refractivity contribution in [2.75, 3.05) is 17.7 Å². The highest BCUT2D eigenvalue weighted by Gasteiger charge is 2.34. The van der Waals surface area contributed by atoms with Crippen LogP contribution in [-0.4, -0.2) is 28.2 Å². The Morgan fingerprint density at radius 3 is 2.89 bits per heavy atom. The van der Waals surface area contributed by atoms with E-state index < -0.39 is 0 Å². The first kappa shape index (κ1) is 14.1. The molecule has 3 N–H and O–H groups in total. The number of aryl methyl sites for hydroxylation is 1. The number of ether oxygens (including phenoxy) is 1. The Kier molecular flexibility index (Phi) is 4.24. The lowest BCUT2D eigenvalue weighted by molar-refractivity contribution is -0.0864. The first-order valence-corrected chi connectivity index (χ1v) is 7.08. The second kappa shape index (κ2) is 5.74. The molecule has 0 amide bonds. The van der Waals surface area contributed by atoms with E-state index in [1.807, 2.05) is 6.92 Å². The summed E-state index contributed by atoms with van der Waals surface area (Å²) in [7, 11) is 0. The number of rotatable bonds is 4. The molecule has 1 aromatic heterocycles. The van der Waals surface area contributed by atoms with Gasteiger partial charge in [0.1, 0.15) is 5.82 Å². The zero-order chi connectivity index (χ0) is 13.9. The Hall–Kier alpha value is -1.36. The Labute approximate surface area is 115 Å². The van der Waals surface area contributed by atoms with Gasteiger partial charge in [-0.2, -0.15) is 4.98 Å². The van der Waals surface area contributed by atoms with Crippen molar-refractivity contribution in [3.05, 3.63) is 11.8 Å². The molecule has 0 saturated carbocycles. The number of aromatic nitrogens is 2. The Bertz CT molecular complexity index is 431. The fraction of sp³-hybridized carbons (Fsp3) is 0.714. The Morgan fingerprint density at radius 1 is 1.47 bits per heavy atom. The molecule has 1 aliphatic heterocycles. The first-order valence-electron chi connectivity index (χ1n) is 7.08. The number of hydrogen-bond acceptors (Lipinski definition) is 5. The van der Waals surface area contributed by atoms with E-state index in [0.717, 1.165) is 43.7 Å². The smallest absolute Gasteiger partial charge is 0.221 e. The molecule has 19 heavy (non-hydrogen) atoms. The van der Waals surface area contributed by atoms with E-state index in [1.165, 1.54) is 0 Å². The molecule has 0 aliphatic carbocycles. The van der Waals surface area contributed by atoms with Crippen molar-refractivity contribution in [1.29, 1.82) is 0 Å². The highest BCUT2D eigenvalue weighted by atomic mass is 16.5. The molecule has 1 saturated heterocycles. The summed E-state index contributed by atoms with van der Waals surface area (Å²) in [6.07, 6.45) is 5.88. The molecular weight excluding hydrogens is 240 g/mol. The lowest BCUT2D eigenvalue weighted by Crippen LogP contribution is -2.43. The largest absolute Gasteiger partial charge is 0.375 e. The van der Waals surface area contributed by atoms with E-state index in [1.54, 1.807) is 6.20 Å². The van der Waals surface area contributed by atoms with E-state index in [9.17, 15) is 0 Å². The highest BCUT2D eigenvalue weighted by molar-refractivity contribution is 5.46. The van der Waals surface area contributed by atoms with Gasteiger partial charge in [-0.05, 0) is 32.6 Å². The molecule has 1 atom stereocenters. The van der Waals surface area contributed by atoms with Gasteiger partial charge in [0.2, 0.25) is 5.95 Å². The summed E-state index contributed by atoms with van der Waals surface area (Å²) in [5.74, 6) is 1.16. The van der Waals surface area contributed by atoms with Gasteiger partial charge in [-0.25, -0.2) is 4.98 Å². The van der Waals surface area contributed by atoms with Crippen LogP contribution in [0.1, 0.15) is 45.1 Å². The number of nitrogens with two attached hydrogens (primary N) is 1. The number of anilines is 2. The third kappa shape index (κ3) is 3.15. The van der Waals surface area contributed by atoms with Gasteiger partial charge in [-0.1, -0.05) is 13.8 Å². The molecular formula is C14H24N4O. The third-order valence-electron chi connectivity index (χ3n) is 4.11. The zero-order valence-electron chi connectivity index (χ0n) is 12.1. The molecule has 0 aromatic carbocycles. The molecule has 1 aromatic rings. The zero-order valence-corrected chi connectivity index (χ0v) is 12.1. The maximum Gasteiger partial charge on any atom is 0.221 e. The van der Waals surface area contributed by atoms with Crippen molar-refractivity contribution in [3.63, 3.8) is 0 Å². The van der Waals surface area contributed by atoms with E-state index in [0.29, 0.717) is 12.0 Å². The molecule has 1 aliphatic rings. The standard InChI is InChI=1S/C14H24N4O/c1-4-14(5-2)8-11(6-7-19-14)17-12-10(3)9-16-13(15)18-12/h9,11H,4-8H2,1-3H3,(H3,15,16,17,18). The fourth-order valence-corrected chi connectivity index (χ4v) is 2.69. The van der Waals surface area contributed by atoms with Crippen LogP contribution in [0.3, 0.4) is 0 Å². The van der Waals surface area contributed by atoms with Gasteiger partial charge in [0.25, 0.3) is 0 Å². The van der Waals surface area contributed by atoms with Gasteiger partial charge in [-0.3, -0.25) is 0 Å². The van der Waals surface area contributed by atoms with Crippen LogP contribution < -0.4 is 11.1 Å². The van der Waals surface area contributed by atoms with Crippen molar-refractivity contribution >= 4 is 11.8 Å².